The van der Waals surface area contributed by atoms with Crippen LogP contribution >= 0.6 is 63.7 Å². The van der Waals surface area contributed by atoms with Gasteiger partial charge < -0.3 is 0 Å². The molecule has 28 heavy (non-hydrogen) atoms. The number of hydrazone groups is 1. The molecule has 3 rings (SSSR count). The van der Waals surface area contributed by atoms with Gasteiger partial charge in [-0.2, -0.15) is 5.10 Å². The van der Waals surface area contributed by atoms with Gasteiger partial charge in [0.05, 0.1) is 10.6 Å². The predicted octanol–water partition coefficient (Wildman–Crippen LogP) is 7.51. The molecule has 0 aliphatic heterocycles. The monoisotopic (exact) mass is 629 g/mol. The number of nitrogens with one attached hydrogen (secondary N) is 1. The summed E-state index contributed by atoms with van der Waals surface area (Å²) in [6, 6.07) is 17.8. The Morgan fingerprint density at radius 3 is 1.79 bits per heavy atom. The molecular weight excluding hydrogens is 622 g/mol. The molecule has 3 aromatic carbocycles. The smallest absolute Gasteiger partial charge is 0.269 e. The molecule has 3 aromatic rings. The third-order valence-corrected chi connectivity index (χ3v) is 6.11. The summed E-state index contributed by atoms with van der Waals surface area (Å²) < 4.78 is 3.60. The van der Waals surface area contributed by atoms with Crippen LogP contribution in [0.15, 0.2) is 83.7 Å². The van der Waals surface area contributed by atoms with E-state index in [4.69, 9.17) is 0 Å². The number of nitrogens with zero attached hydrogens (tertiary/aromatic N) is 2. The first kappa shape index (κ1) is 21.2. The topological polar surface area (TPSA) is 67.5 Å². The lowest BCUT2D eigenvalue weighted by molar-refractivity contribution is -0.384. The molecular formula is C19H11Br4N3O2. The quantitative estimate of drug-likeness (QED) is 0.180. The maximum Gasteiger partial charge on any atom is 0.269 e. The molecule has 1 N–H and O–H groups in total. The fourth-order valence-electron chi connectivity index (χ4n) is 2.40. The molecule has 0 amide bonds. The summed E-state index contributed by atoms with van der Waals surface area (Å²) in [6.07, 6.45) is 0. The van der Waals surface area contributed by atoms with E-state index < -0.39 is 4.92 Å². The summed E-state index contributed by atoms with van der Waals surface area (Å²) in [4.78, 5) is 10.4. The van der Waals surface area contributed by atoms with Gasteiger partial charge in [-0.25, -0.2) is 0 Å². The number of nitro benzene ring substituents is 1. The van der Waals surface area contributed by atoms with Crippen molar-refractivity contribution < 1.29 is 4.92 Å². The molecule has 0 aromatic heterocycles. The van der Waals surface area contributed by atoms with Crippen molar-refractivity contribution >= 4 is 80.8 Å². The van der Waals surface area contributed by atoms with E-state index >= 15 is 0 Å². The first-order valence-corrected chi connectivity index (χ1v) is 11.0. The molecule has 0 saturated heterocycles. The van der Waals surface area contributed by atoms with Crippen molar-refractivity contribution in [1.29, 1.82) is 0 Å². The zero-order valence-corrected chi connectivity index (χ0v) is 20.3. The molecule has 142 valence electrons. The van der Waals surface area contributed by atoms with Crippen LogP contribution in [0.1, 0.15) is 11.1 Å². The van der Waals surface area contributed by atoms with Gasteiger partial charge in [-0.15, -0.1) is 0 Å². The fraction of sp³-hybridized carbons (Fsp3) is 0. The Hall–Kier alpha value is -1.55. The SMILES string of the molecule is O=[N+]([O-])c1ccc(NN=C(c2cc(Br)ccc2Br)c2cc(Br)ccc2Br)cc1. The molecule has 0 saturated carbocycles. The van der Waals surface area contributed by atoms with Gasteiger partial charge in [0.2, 0.25) is 0 Å². The number of benzene rings is 3. The normalized spacial score (nSPS) is 10.4. The first-order chi connectivity index (χ1) is 13.3. The van der Waals surface area contributed by atoms with Gasteiger partial charge in [0, 0.05) is 41.2 Å². The molecule has 0 spiro atoms. The number of halogens is 4. The van der Waals surface area contributed by atoms with Crippen LogP contribution in [-0.4, -0.2) is 10.6 Å². The Kier molecular flexibility index (Phi) is 7.03. The number of hydrogen-bond acceptors (Lipinski definition) is 4. The van der Waals surface area contributed by atoms with Gasteiger partial charge in [0.15, 0.2) is 0 Å². The summed E-state index contributed by atoms with van der Waals surface area (Å²) in [5.41, 5.74) is 6.11. The lowest BCUT2D eigenvalue weighted by atomic mass is 10.0. The van der Waals surface area contributed by atoms with E-state index in [-0.39, 0.29) is 5.69 Å². The van der Waals surface area contributed by atoms with Crippen molar-refractivity contribution in [1.82, 2.24) is 0 Å². The maximum atomic E-state index is 10.8. The van der Waals surface area contributed by atoms with E-state index in [0.717, 1.165) is 29.0 Å². The maximum absolute atomic E-state index is 10.8. The van der Waals surface area contributed by atoms with E-state index in [1.807, 2.05) is 36.4 Å². The molecule has 9 heteroatoms. The summed E-state index contributed by atoms with van der Waals surface area (Å²) in [5, 5.41) is 15.4. The highest BCUT2D eigenvalue weighted by atomic mass is 79.9. The molecule has 0 aliphatic rings. The van der Waals surface area contributed by atoms with Crippen molar-refractivity contribution in [3.05, 3.63) is 99.8 Å². The Morgan fingerprint density at radius 2 is 1.32 bits per heavy atom. The highest BCUT2D eigenvalue weighted by Gasteiger charge is 2.15. The molecule has 5 nitrogen and oxygen atoms in total. The van der Waals surface area contributed by atoms with Gasteiger partial charge in [-0.1, -0.05) is 63.7 Å². The van der Waals surface area contributed by atoms with Crippen molar-refractivity contribution in [2.24, 2.45) is 5.10 Å². The van der Waals surface area contributed by atoms with Crippen LogP contribution in [0.4, 0.5) is 11.4 Å². The third-order valence-electron chi connectivity index (χ3n) is 3.74. The highest BCUT2D eigenvalue weighted by Crippen LogP contribution is 2.30. The molecule has 0 radical (unpaired) electrons. The predicted molar refractivity (Wildman–Crippen MR) is 126 cm³/mol. The number of hydrogen-bond donors (Lipinski definition) is 1. The zero-order chi connectivity index (χ0) is 20.3. The van der Waals surface area contributed by atoms with Crippen LogP contribution in [0.25, 0.3) is 0 Å². The minimum atomic E-state index is -0.435. The van der Waals surface area contributed by atoms with Gasteiger partial charge in [0.1, 0.15) is 5.71 Å². The molecule has 0 bridgehead atoms. The number of rotatable bonds is 5. The van der Waals surface area contributed by atoms with Crippen LogP contribution in [0, 0.1) is 10.1 Å². The summed E-state index contributed by atoms with van der Waals surface area (Å²) >= 11 is 14.2. The van der Waals surface area contributed by atoms with Gasteiger partial charge >= 0.3 is 0 Å². The minimum Gasteiger partial charge on any atom is -0.278 e. The van der Waals surface area contributed by atoms with Crippen LogP contribution in [0.5, 0.6) is 0 Å². The van der Waals surface area contributed by atoms with Crippen molar-refractivity contribution in [2.75, 3.05) is 5.43 Å². The summed E-state index contributed by atoms with van der Waals surface area (Å²) in [6.45, 7) is 0. The number of anilines is 1. The lowest BCUT2D eigenvalue weighted by Gasteiger charge is -2.13. The Morgan fingerprint density at radius 1 is 0.821 bits per heavy atom. The third kappa shape index (κ3) is 5.08. The zero-order valence-electron chi connectivity index (χ0n) is 14.0. The second-order valence-electron chi connectivity index (χ2n) is 5.62. The van der Waals surface area contributed by atoms with Crippen molar-refractivity contribution in [2.45, 2.75) is 0 Å². The number of non-ortho nitro benzene ring substituents is 1. The van der Waals surface area contributed by atoms with E-state index in [9.17, 15) is 10.1 Å². The van der Waals surface area contributed by atoms with E-state index in [1.54, 1.807) is 12.1 Å². The standard InChI is InChI=1S/C19H11Br4N3O2/c20-11-1-7-17(22)15(9-11)19(16-10-12(21)2-8-18(16)23)25-24-13-3-5-14(6-4-13)26(27)28/h1-10,24H. The average Bonchev–Trinajstić information content (AvgIpc) is 2.67. The number of nitro groups is 1. The molecule has 0 unspecified atom stereocenters. The Bertz CT molecular complexity index is 1020. The molecule has 0 aliphatic carbocycles. The Balaban J connectivity index is 2.07. The average molecular weight is 633 g/mol. The molecule has 0 heterocycles. The van der Waals surface area contributed by atoms with Crippen LogP contribution in [0.3, 0.4) is 0 Å². The second-order valence-corrected chi connectivity index (χ2v) is 9.16. The van der Waals surface area contributed by atoms with E-state index in [2.05, 4.69) is 74.2 Å². The molecule has 0 atom stereocenters. The summed E-state index contributed by atoms with van der Waals surface area (Å²) in [5.74, 6) is 0. The lowest BCUT2D eigenvalue weighted by Crippen LogP contribution is -2.09. The fourth-order valence-corrected chi connectivity index (χ4v) is 3.99. The minimum absolute atomic E-state index is 0.0271. The van der Waals surface area contributed by atoms with Crippen molar-refractivity contribution in [3.63, 3.8) is 0 Å². The van der Waals surface area contributed by atoms with E-state index in [1.165, 1.54) is 12.1 Å². The van der Waals surface area contributed by atoms with Gasteiger partial charge in [-0.3, -0.25) is 15.5 Å². The van der Waals surface area contributed by atoms with E-state index in [0.29, 0.717) is 11.4 Å². The summed E-state index contributed by atoms with van der Waals surface area (Å²) in [7, 11) is 0. The van der Waals surface area contributed by atoms with Crippen LogP contribution in [0.2, 0.25) is 0 Å². The van der Waals surface area contributed by atoms with Gasteiger partial charge in [-0.05, 0) is 48.5 Å². The Labute approximate surface area is 194 Å². The largest absolute Gasteiger partial charge is 0.278 e. The second kappa shape index (κ2) is 9.30. The van der Waals surface area contributed by atoms with Gasteiger partial charge in [0.25, 0.3) is 5.69 Å². The van der Waals surface area contributed by atoms with Crippen LogP contribution in [-0.2, 0) is 0 Å². The highest BCUT2D eigenvalue weighted by molar-refractivity contribution is 9.11. The van der Waals surface area contributed by atoms with Crippen molar-refractivity contribution in [3.8, 4) is 0 Å². The first-order valence-electron chi connectivity index (χ1n) is 7.84. The van der Waals surface area contributed by atoms with Crippen LogP contribution < -0.4 is 5.43 Å². The molecule has 0 fully saturated rings.